The molecule has 1 aromatic heterocycles. The third-order valence-corrected chi connectivity index (χ3v) is 5.26. The summed E-state index contributed by atoms with van der Waals surface area (Å²) >= 11 is 4.76. The molecule has 0 saturated carbocycles. The Hall–Kier alpha value is 0.0900. The molecular formula is C9H13BrO3S2. The first-order chi connectivity index (χ1) is 6.93. The molecule has 0 spiro atoms. The van der Waals surface area contributed by atoms with E-state index in [1.807, 2.05) is 11.4 Å². The second-order valence-electron chi connectivity index (χ2n) is 3.60. The molecule has 15 heavy (non-hydrogen) atoms. The Labute approximate surface area is 102 Å². The lowest BCUT2D eigenvalue weighted by Crippen LogP contribution is -2.17. The molecule has 0 saturated heterocycles. The van der Waals surface area contributed by atoms with Gasteiger partial charge in [0.15, 0.2) is 9.84 Å². The summed E-state index contributed by atoms with van der Waals surface area (Å²) in [4.78, 5) is 0. The maximum atomic E-state index is 11.7. The van der Waals surface area contributed by atoms with Crippen molar-refractivity contribution in [2.75, 3.05) is 12.4 Å². The highest BCUT2D eigenvalue weighted by Crippen LogP contribution is 2.22. The summed E-state index contributed by atoms with van der Waals surface area (Å²) in [5.41, 5.74) is 0.803. The summed E-state index contributed by atoms with van der Waals surface area (Å²) in [6.07, 6.45) is 0. The van der Waals surface area contributed by atoms with Gasteiger partial charge in [-0.15, -0.1) is 11.3 Å². The van der Waals surface area contributed by atoms with Crippen molar-refractivity contribution < 1.29 is 13.5 Å². The van der Waals surface area contributed by atoms with Crippen LogP contribution in [0.25, 0.3) is 0 Å². The SMILES string of the molecule is CC(CO)CS(=O)(=O)Cc1csc(Br)c1. The number of rotatable bonds is 5. The van der Waals surface area contributed by atoms with E-state index in [9.17, 15) is 8.42 Å². The molecule has 1 rings (SSSR count). The summed E-state index contributed by atoms with van der Waals surface area (Å²) in [6, 6.07) is 1.81. The molecule has 3 nitrogen and oxygen atoms in total. The van der Waals surface area contributed by atoms with Gasteiger partial charge in [0.1, 0.15) is 0 Å². The molecule has 1 unspecified atom stereocenters. The van der Waals surface area contributed by atoms with Gasteiger partial charge < -0.3 is 5.11 Å². The van der Waals surface area contributed by atoms with Crippen LogP contribution in [-0.2, 0) is 15.6 Å². The van der Waals surface area contributed by atoms with Gasteiger partial charge in [-0.1, -0.05) is 6.92 Å². The van der Waals surface area contributed by atoms with Crippen LogP contribution in [0.1, 0.15) is 12.5 Å². The normalized spacial score (nSPS) is 14.1. The van der Waals surface area contributed by atoms with Crippen LogP contribution in [0.4, 0.5) is 0 Å². The van der Waals surface area contributed by atoms with Crippen molar-refractivity contribution >= 4 is 37.1 Å². The van der Waals surface area contributed by atoms with Crippen molar-refractivity contribution in [3.63, 3.8) is 0 Å². The van der Waals surface area contributed by atoms with Gasteiger partial charge in [-0.2, -0.15) is 0 Å². The van der Waals surface area contributed by atoms with Gasteiger partial charge in [0.05, 0.1) is 15.3 Å². The molecule has 0 radical (unpaired) electrons. The lowest BCUT2D eigenvalue weighted by atomic mass is 10.2. The zero-order chi connectivity index (χ0) is 11.5. The van der Waals surface area contributed by atoms with Gasteiger partial charge >= 0.3 is 0 Å². The van der Waals surface area contributed by atoms with Crippen LogP contribution in [0.15, 0.2) is 15.2 Å². The molecular weight excluding hydrogens is 300 g/mol. The molecule has 6 heteroatoms. The van der Waals surface area contributed by atoms with Crippen LogP contribution in [0.5, 0.6) is 0 Å². The van der Waals surface area contributed by atoms with E-state index in [0.29, 0.717) is 0 Å². The predicted octanol–water partition coefficient (Wildman–Crippen LogP) is 2.05. The maximum Gasteiger partial charge on any atom is 0.154 e. The van der Waals surface area contributed by atoms with Crippen LogP contribution in [0.3, 0.4) is 0 Å². The van der Waals surface area contributed by atoms with Gasteiger partial charge in [0, 0.05) is 6.61 Å². The number of hydrogen-bond acceptors (Lipinski definition) is 4. The minimum atomic E-state index is -3.11. The Morgan fingerprint density at radius 3 is 2.73 bits per heavy atom. The zero-order valence-corrected chi connectivity index (χ0v) is 11.5. The minimum Gasteiger partial charge on any atom is -0.396 e. The average molecular weight is 313 g/mol. The average Bonchev–Trinajstić information content (AvgIpc) is 2.49. The van der Waals surface area contributed by atoms with E-state index < -0.39 is 9.84 Å². The van der Waals surface area contributed by atoms with Crippen molar-refractivity contribution in [2.24, 2.45) is 5.92 Å². The largest absolute Gasteiger partial charge is 0.396 e. The predicted molar refractivity (Wildman–Crippen MR) is 65.8 cm³/mol. The molecule has 86 valence electrons. The van der Waals surface area contributed by atoms with Crippen molar-refractivity contribution in [1.29, 1.82) is 0 Å². The number of sulfone groups is 1. The third kappa shape index (κ3) is 4.63. The van der Waals surface area contributed by atoms with E-state index in [1.165, 1.54) is 11.3 Å². The van der Waals surface area contributed by atoms with E-state index in [0.717, 1.165) is 9.35 Å². The topological polar surface area (TPSA) is 54.4 Å². The summed E-state index contributed by atoms with van der Waals surface area (Å²) < 4.78 is 24.2. The smallest absolute Gasteiger partial charge is 0.154 e. The van der Waals surface area contributed by atoms with E-state index in [-0.39, 0.29) is 24.0 Å². The van der Waals surface area contributed by atoms with Crippen LogP contribution in [0, 0.1) is 5.92 Å². The van der Waals surface area contributed by atoms with Crippen LogP contribution < -0.4 is 0 Å². The van der Waals surface area contributed by atoms with Gasteiger partial charge in [0.2, 0.25) is 0 Å². The standard InChI is InChI=1S/C9H13BrO3S2/c1-7(3-11)5-15(12,13)6-8-2-9(10)14-4-8/h2,4,7,11H,3,5-6H2,1H3. The molecule has 0 aromatic carbocycles. The number of halogens is 1. The molecule has 0 amide bonds. The second-order valence-corrected chi connectivity index (χ2v) is 8.00. The van der Waals surface area contributed by atoms with Gasteiger partial charge in [-0.3, -0.25) is 0 Å². The van der Waals surface area contributed by atoms with Crippen LogP contribution in [0.2, 0.25) is 0 Å². The van der Waals surface area contributed by atoms with Crippen LogP contribution in [-0.4, -0.2) is 25.9 Å². The quantitative estimate of drug-likeness (QED) is 0.905. The monoisotopic (exact) mass is 312 g/mol. The zero-order valence-electron chi connectivity index (χ0n) is 8.31. The fourth-order valence-corrected chi connectivity index (χ4v) is 4.30. The van der Waals surface area contributed by atoms with Crippen molar-refractivity contribution in [1.82, 2.24) is 0 Å². The highest BCUT2D eigenvalue weighted by molar-refractivity contribution is 9.11. The van der Waals surface area contributed by atoms with E-state index in [2.05, 4.69) is 15.9 Å². The summed E-state index contributed by atoms with van der Waals surface area (Å²) in [5, 5.41) is 10.6. The first-order valence-corrected chi connectivity index (χ1v) is 7.96. The molecule has 0 aliphatic rings. The highest BCUT2D eigenvalue weighted by Gasteiger charge is 2.16. The summed E-state index contributed by atoms with van der Waals surface area (Å²) in [7, 11) is -3.11. The molecule has 1 N–H and O–H groups in total. The van der Waals surface area contributed by atoms with Gasteiger partial charge in [-0.25, -0.2) is 8.42 Å². The number of aliphatic hydroxyl groups is 1. The second kappa shape index (κ2) is 5.43. The molecule has 1 heterocycles. The molecule has 1 atom stereocenters. The first kappa shape index (κ1) is 13.2. The Balaban J connectivity index is 2.64. The number of thiophene rings is 1. The maximum absolute atomic E-state index is 11.7. The third-order valence-electron chi connectivity index (χ3n) is 1.86. The Kier molecular flexibility index (Phi) is 4.76. The van der Waals surface area contributed by atoms with E-state index in [4.69, 9.17) is 5.11 Å². The minimum absolute atomic E-state index is 0.0387. The molecule has 0 fully saturated rings. The van der Waals surface area contributed by atoms with Crippen LogP contribution >= 0.6 is 27.3 Å². The Bertz CT molecular complexity index is 411. The van der Waals surface area contributed by atoms with Crippen molar-refractivity contribution in [3.05, 3.63) is 20.8 Å². The fourth-order valence-electron chi connectivity index (χ4n) is 1.22. The van der Waals surface area contributed by atoms with E-state index >= 15 is 0 Å². The first-order valence-electron chi connectivity index (χ1n) is 4.47. The molecule has 0 aliphatic carbocycles. The lowest BCUT2D eigenvalue weighted by molar-refractivity contribution is 0.249. The fraction of sp³-hybridized carbons (Fsp3) is 0.556. The summed E-state index contributed by atoms with van der Waals surface area (Å²) in [5.74, 6) is -0.103. The highest BCUT2D eigenvalue weighted by atomic mass is 79.9. The molecule has 0 bridgehead atoms. The molecule has 1 aromatic rings. The van der Waals surface area contributed by atoms with Gasteiger partial charge in [-0.05, 0) is 38.9 Å². The summed E-state index contributed by atoms with van der Waals surface area (Å²) in [6.45, 7) is 1.63. The van der Waals surface area contributed by atoms with Crippen molar-refractivity contribution in [2.45, 2.75) is 12.7 Å². The number of aliphatic hydroxyl groups excluding tert-OH is 1. The molecule has 0 aliphatic heterocycles. The van der Waals surface area contributed by atoms with Crippen molar-refractivity contribution in [3.8, 4) is 0 Å². The Morgan fingerprint density at radius 1 is 1.60 bits per heavy atom. The van der Waals surface area contributed by atoms with E-state index in [1.54, 1.807) is 6.92 Å². The number of hydrogen-bond donors (Lipinski definition) is 1. The lowest BCUT2D eigenvalue weighted by Gasteiger charge is -2.07. The van der Waals surface area contributed by atoms with Gasteiger partial charge in [0.25, 0.3) is 0 Å². The Morgan fingerprint density at radius 2 is 2.27 bits per heavy atom.